The summed E-state index contributed by atoms with van der Waals surface area (Å²) < 4.78 is 27.4. The molecule has 0 aromatic heterocycles. The van der Waals surface area contributed by atoms with Crippen molar-refractivity contribution in [3.63, 3.8) is 0 Å². The number of hydrogen-bond acceptors (Lipinski definition) is 2. The van der Waals surface area contributed by atoms with Crippen LogP contribution in [-0.4, -0.2) is 19.0 Å². The summed E-state index contributed by atoms with van der Waals surface area (Å²) in [6.07, 6.45) is 1.68. The molecule has 0 heterocycles. The van der Waals surface area contributed by atoms with Crippen LogP contribution >= 0.6 is 0 Å². The highest BCUT2D eigenvalue weighted by molar-refractivity contribution is 5.95. The van der Waals surface area contributed by atoms with Crippen LogP contribution in [0.1, 0.15) is 42.6 Å². The highest BCUT2D eigenvalue weighted by atomic mass is 19.1. The zero-order valence-corrected chi connectivity index (χ0v) is 12.2. The van der Waals surface area contributed by atoms with E-state index < -0.39 is 23.1 Å². The average Bonchev–Trinajstić information content (AvgIpc) is 2.39. The first-order chi connectivity index (χ1) is 9.28. The van der Waals surface area contributed by atoms with E-state index in [4.69, 9.17) is 5.73 Å². The van der Waals surface area contributed by atoms with Gasteiger partial charge in [-0.3, -0.25) is 4.79 Å². The Morgan fingerprint density at radius 3 is 2.60 bits per heavy atom. The number of nitrogens with two attached hydrogens (primary N) is 1. The molecule has 1 aromatic rings. The second kappa shape index (κ2) is 6.79. The van der Waals surface area contributed by atoms with Gasteiger partial charge in [0.15, 0.2) is 0 Å². The highest BCUT2D eigenvalue weighted by Crippen LogP contribution is 2.21. The molecule has 3 N–H and O–H groups in total. The summed E-state index contributed by atoms with van der Waals surface area (Å²) in [6, 6.07) is 2.42. The number of carbonyl (C=O) groups is 1. The maximum Gasteiger partial charge on any atom is 0.257 e. The van der Waals surface area contributed by atoms with Gasteiger partial charge >= 0.3 is 0 Å². The number of nitrogens with one attached hydrogen (secondary N) is 1. The van der Waals surface area contributed by atoms with Crippen molar-refractivity contribution in [1.82, 2.24) is 5.32 Å². The van der Waals surface area contributed by atoms with Gasteiger partial charge in [0.05, 0.1) is 0 Å². The predicted molar refractivity (Wildman–Crippen MR) is 75.5 cm³/mol. The van der Waals surface area contributed by atoms with Crippen molar-refractivity contribution in [3.05, 3.63) is 34.9 Å². The minimum absolute atomic E-state index is 0.161. The topological polar surface area (TPSA) is 55.1 Å². The van der Waals surface area contributed by atoms with Crippen molar-refractivity contribution < 1.29 is 13.6 Å². The lowest BCUT2D eigenvalue weighted by Crippen LogP contribution is -2.35. The summed E-state index contributed by atoms with van der Waals surface area (Å²) in [7, 11) is 0. The van der Waals surface area contributed by atoms with Crippen molar-refractivity contribution in [3.8, 4) is 0 Å². The molecule has 0 aliphatic heterocycles. The smallest absolute Gasteiger partial charge is 0.257 e. The van der Waals surface area contributed by atoms with Gasteiger partial charge in [0.25, 0.3) is 5.91 Å². The van der Waals surface area contributed by atoms with E-state index in [0.717, 1.165) is 18.9 Å². The molecule has 1 amide bonds. The molecule has 0 aliphatic carbocycles. The molecule has 0 aliphatic rings. The van der Waals surface area contributed by atoms with E-state index in [1.165, 1.54) is 13.0 Å². The number of halogens is 2. The number of benzene rings is 1. The monoisotopic (exact) mass is 284 g/mol. The third-order valence-electron chi connectivity index (χ3n) is 3.30. The van der Waals surface area contributed by atoms with Gasteiger partial charge in [-0.1, -0.05) is 19.9 Å². The van der Waals surface area contributed by atoms with Gasteiger partial charge in [-0.15, -0.1) is 0 Å². The molecule has 112 valence electrons. The van der Waals surface area contributed by atoms with Gasteiger partial charge in [-0.25, -0.2) is 8.78 Å². The van der Waals surface area contributed by atoms with E-state index in [-0.39, 0.29) is 11.0 Å². The van der Waals surface area contributed by atoms with E-state index >= 15 is 0 Å². The number of aryl methyl sites for hydroxylation is 1. The summed E-state index contributed by atoms with van der Waals surface area (Å²) in [6.45, 7) is 6.38. The van der Waals surface area contributed by atoms with Gasteiger partial charge in [-0.05, 0) is 43.4 Å². The van der Waals surface area contributed by atoms with Crippen LogP contribution in [0, 0.1) is 24.0 Å². The van der Waals surface area contributed by atoms with Crippen molar-refractivity contribution in [2.24, 2.45) is 11.1 Å². The molecular weight excluding hydrogens is 262 g/mol. The molecule has 0 radical (unpaired) electrons. The van der Waals surface area contributed by atoms with E-state index in [2.05, 4.69) is 5.32 Å². The van der Waals surface area contributed by atoms with E-state index in [9.17, 15) is 13.6 Å². The quantitative estimate of drug-likeness (QED) is 0.844. The van der Waals surface area contributed by atoms with Crippen molar-refractivity contribution in [2.45, 2.75) is 33.6 Å². The third kappa shape index (κ3) is 4.27. The average molecular weight is 284 g/mol. The lowest BCUT2D eigenvalue weighted by atomic mass is 9.87. The Kier molecular flexibility index (Phi) is 5.62. The second-order valence-electron chi connectivity index (χ2n) is 5.79. The number of amides is 1. The molecule has 20 heavy (non-hydrogen) atoms. The van der Waals surface area contributed by atoms with Gasteiger partial charge in [0.1, 0.15) is 17.2 Å². The lowest BCUT2D eigenvalue weighted by Gasteiger charge is -2.24. The van der Waals surface area contributed by atoms with Gasteiger partial charge < -0.3 is 11.1 Å². The molecule has 5 heteroatoms. The van der Waals surface area contributed by atoms with Crippen LogP contribution < -0.4 is 11.1 Å². The normalized spacial score (nSPS) is 11.5. The van der Waals surface area contributed by atoms with Gasteiger partial charge in [-0.2, -0.15) is 0 Å². The minimum Gasteiger partial charge on any atom is -0.351 e. The van der Waals surface area contributed by atoms with E-state index in [1.807, 2.05) is 13.8 Å². The SMILES string of the molecule is Cc1ccc(F)c(C(=O)NCC(C)(C)CCCN)c1F. The first kappa shape index (κ1) is 16.6. The Labute approximate surface area is 118 Å². The fraction of sp³-hybridized carbons (Fsp3) is 0.533. The summed E-state index contributed by atoms with van der Waals surface area (Å²) in [5, 5.41) is 2.60. The standard InChI is InChI=1S/C15H22F2N2O/c1-10-5-6-11(16)12(13(10)17)14(20)19-9-15(2,3)7-4-8-18/h5-6H,4,7-9,18H2,1-3H3,(H,19,20). The largest absolute Gasteiger partial charge is 0.351 e. The van der Waals surface area contributed by atoms with Gasteiger partial charge in [0.2, 0.25) is 0 Å². The minimum atomic E-state index is -0.842. The highest BCUT2D eigenvalue weighted by Gasteiger charge is 2.22. The molecule has 0 saturated heterocycles. The Hall–Kier alpha value is -1.49. The molecular formula is C15H22F2N2O. The molecule has 1 rings (SSSR count). The number of carbonyl (C=O) groups excluding carboxylic acids is 1. The van der Waals surface area contributed by atoms with Crippen LogP contribution in [0.2, 0.25) is 0 Å². The zero-order chi connectivity index (χ0) is 15.3. The number of rotatable bonds is 6. The molecule has 0 fully saturated rings. The van der Waals surface area contributed by atoms with Crippen LogP contribution in [0.15, 0.2) is 12.1 Å². The van der Waals surface area contributed by atoms with E-state index in [1.54, 1.807) is 0 Å². The van der Waals surface area contributed by atoms with E-state index in [0.29, 0.717) is 13.1 Å². The molecule has 0 unspecified atom stereocenters. The van der Waals surface area contributed by atoms with Crippen molar-refractivity contribution >= 4 is 5.91 Å². The zero-order valence-electron chi connectivity index (χ0n) is 12.2. The Morgan fingerprint density at radius 1 is 1.35 bits per heavy atom. The summed E-state index contributed by atoms with van der Waals surface area (Å²) in [5.74, 6) is -2.36. The molecule has 0 saturated carbocycles. The van der Waals surface area contributed by atoms with Crippen LogP contribution in [0.25, 0.3) is 0 Å². The van der Waals surface area contributed by atoms with Crippen molar-refractivity contribution in [1.29, 1.82) is 0 Å². The Morgan fingerprint density at radius 2 is 2.00 bits per heavy atom. The molecule has 0 bridgehead atoms. The lowest BCUT2D eigenvalue weighted by molar-refractivity contribution is 0.0925. The third-order valence-corrected chi connectivity index (χ3v) is 3.30. The molecule has 1 aromatic carbocycles. The second-order valence-corrected chi connectivity index (χ2v) is 5.79. The van der Waals surface area contributed by atoms with Crippen LogP contribution in [-0.2, 0) is 0 Å². The maximum absolute atomic E-state index is 13.8. The Balaban J connectivity index is 2.75. The Bertz CT molecular complexity index is 487. The van der Waals surface area contributed by atoms with Crippen molar-refractivity contribution in [2.75, 3.05) is 13.1 Å². The predicted octanol–water partition coefficient (Wildman–Crippen LogP) is 2.77. The summed E-state index contributed by atoms with van der Waals surface area (Å²) in [4.78, 5) is 11.9. The summed E-state index contributed by atoms with van der Waals surface area (Å²) >= 11 is 0. The maximum atomic E-state index is 13.8. The molecule has 3 nitrogen and oxygen atoms in total. The molecule has 0 spiro atoms. The fourth-order valence-corrected chi connectivity index (χ4v) is 1.94. The fourth-order valence-electron chi connectivity index (χ4n) is 1.94. The number of hydrogen-bond donors (Lipinski definition) is 2. The van der Waals surface area contributed by atoms with Crippen LogP contribution in [0.5, 0.6) is 0 Å². The summed E-state index contributed by atoms with van der Waals surface area (Å²) in [5.41, 5.74) is 5.03. The molecule has 0 atom stereocenters. The first-order valence-electron chi connectivity index (χ1n) is 6.71. The van der Waals surface area contributed by atoms with Gasteiger partial charge in [0, 0.05) is 6.54 Å². The first-order valence-corrected chi connectivity index (χ1v) is 6.71. The van der Waals surface area contributed by atoms with Crippen LogP contribution in [0.3, 0.4) is 0 Å². The van der Waals surface area contributed by atoms with Crippen LogP contribution in [0.4, 0.5) is 8.78 Å².